The summed E-state index contributed by atoms with van der Waals surface area (Å²) in [7, 11) is 3.89. The molecular weight excluding hydrogens is 362 g/mol. The second kappa shape index (κ2) is 8.65. The zero-order valence-electron chi connectivity index (χ0n) is 14.4. The number of carbonyl (C=O) groups is 1. The normalized spacial score (nSPS) is 12.3. The fourth-order valence-electron chi connectivity index (χ4n) is 2.56. The number of aryl methyl sites for hydroxylation is 1. The molecule has 0 radical (unpaired) electrons. The van der Waals surface area contributed by atoms with E-state index in [4.69, 9.17) is 23.2 Å². The Hall–Kier alpha value is -1.62. The molecule has 0 bridgehead atoms. The number of likely N-dealkylation sites (N-methyl/N-ethyl adjacent to an activating group) is 1. The van der Waals surface area contributed by atoms with Crippen LogP contribution in [-0.2, 0) is 6.42 Å². The molecule has 6 heteroatoms. The third-order valence-electron chi connectivity index (χ3n) is 4.11. The van der Waals surface area contributed by atoms with E-state index in [1.165, 1.54) is 11.6 Å². The maximum absolute atomic E-state index is 13.6. The van der Waals surface area contributed by atoms with E-state index in [0.29, 0.717) is 6.54 Å². The van der Waals surface area contributed by atoms with Crippen molar-refractivity contribution >= 4 is 29.1 Å². The number of amides is 1. The predicted molar refractivity (Wildman–Crippen MR) is 101 cm³/mol. The summed E-state index contributed by atoms with van der Waals surface area (Å²) in [4.78, 5) is 14.4. The van der Waals surface area contributed by atoms with Crippen LogP contribution in [0.4, 0.5) is 4.39 Å². The molecule has 134 valence electrons. The van der Waals surface area contributed by atoms with Crippen LogP contribution in [-0.4, -0.2) is 31.4 Å². The summed E-state index contributed by atoms with van der Waals surface area (Å²) in [6.45, 7) is 2.48. The summed E-state index contributed by atoms with van der Waals surface area (Å²) in [6.07, 6.45) is 0.976. The summed E-state index contributed by atoms with van der Waals surface area (Å²) in [5.74, 6) is -1.10. The van der Waals surface area contributed by atoms with Gasteiger partial charge in [-0.3, -0.25) is 4.79 Å². The van der Waals surface area contributed by atoms with Crippen molar-refractivity contribution < 1.29 is 9.18 Å². The van der Waals surface area contributed by atoms with Crippen LogP contribution in [0.1, 0.15) is 34.5 Å². The van der Waals surface area contributed by atoms with E-state index in [-0.39, 0.29) is 21.7 Å². The van der Waals surface area contributed by atoms with Crippen LogP contribution >= 0.6 is 23.2 Å². The van der Waals surface area contributed by atoms with Crippen LogP contribution in [0.15, 0.2) is 36.4 Å². The van der Waals surface area contributed by atoms with Gasteiger partial charge in [-0.25, -0.2) is 4.39 Å². The average Bonchev–Trinajstić information content (AvgIpc) is 2.58. The first-order valence-electron chi connectivity index (χ1n) is 8.01. The van der Waals surface area contributed by atoms with E-state index < -0.39 is 11.7 Å². The minimum atomic E-state index is -0.671. The molecule has 2 rings (SSSR count). The van der Waals surface area contributed by atoms with Gasteiger partial charge in [-0.05, 0) is 43.8 Å². The smallest absolute Gasteiger partial charge is 0.252 e. The van der Waals surface area contributed by atoms with Gasteiger partial charge in [0.05, 0.1) is 21.7 Å². The molecule has 0 aliphatic heterocycles. The molecule has 0 spiro atoms. The SMILES string of the molecule is CCc1ccc([C@@H](CNC(=O)c2cc(F)c(Cl)cc2Cl)N(C)C)cc1. The van der Waals surface area contributed by atoms with Crippen molar-refractivity contribution in [3.8, 4) is 0 Å². The van der Waals surface area contributed by atoms with E-state index in [0.717, 1.165) is 18.1 Å². The Kier molecular flexibility index (Phi) is 6.82. The summed E-state index contributed by atoms with van der Waals surface area (Å²) in [6, 6.07) is 10.6. The van der Waals surface area contributed by atoms with Gasteiger partial charge in [-0.15, -0.1) is 0 Å². The first-order chi connectivity index (χ1) is 11.8. The monoisotopic (exact) mass is 382 g/mol. The number of rotatable bonds is 6. The number of carbonyl (C=O) groups excluding carboxylic acids is 1. The minimum absolute atomic E-state index is 0.00854. The van der Waals surface area contributed by atoms with E-state index in [9.17, 15) is 9.18 Å². The van der Waals surface area contributed by atoms with Crippen LogP contribution in [0.3, 0.4) is 0 Å². The van der Waals surface area contributed by atoms with Gasteiger partial charge in [0, 0.05) is 6.54 Å². The number of benzene rings is 2. The molecule has 0 unspecified atom stereocenters. The molecule has 0 aliphatic carbocycles. The van der Waals surface area contributed by atoms with Gasteiger partial charge in [0.25, 0.3) is 5.91 Å². The Morgan fingerprint density at radius 3 is 2.36 bits per heavy atom. The van der Waals surface area contributed by atoms with Gasteiger partial charge in [-0.2, -0.15) is 0 Å². The van der Waals surface area contributed by atoms with E-state index in [1.807, 2.05) is 19.0 Å². The molecule has 0 fully saturated rings. The fraction of sp³-hybridized carbons (Fsp3) is 0.316. The lowest BCUT2D eigenvalue weighted by atomic mass is 10.0. The van der Waals surface area contributed by atoms with Crippen molar-refractivity contribution in [2.45, 2.75) is 19.4 Å². The molecule has 2 aromatic rings. The van der Waals surface area contributed by atoms with Crippen LogP contribution in [0.2, 0.25) is 10.0 Å². The van der Waals surface area contributed by atoms with Gasteiger partial charge < -0.3 is 10.2 Å². The standard InChI is InChI=1S/C19H21Cl2FN2O/c1-4-12-5-7-13(8-6-12)18(24(2)3)11-23-19(25)14-9-17(22)16(21)10-15(14)20/h5-10,18H,4,11H2,1-3H3,(H,23,25)/t18-/m1/s1. The second-order valence-corrected chi connectivity index (χ2v) is 6.85. The van der Waals surface area contributed by atoms with Crippen molar-refractivity contribution in [2.24, 2.45) is 0 Å². The van der Waals surface area contributed by atoms with Crippen LogP contribution in [0.5, 0.6) is 0 Å². The van der Waals surface area contributed by atoms with Gasteiger partial charge in [0.2, 0.25) is 0 Å². The summed E-state index contributed by atoms with van der Waals surface area (Å²) < 4.78 is 13.6. The van der Waals surface area contributed by atoms with E-state index in [2.05, 4.69) is 36.5 Å². The lowest BCUT2D eigenvalue weighted by molar-refractivity contribution is 0.0941. The molecule has 0 aliphatic rings. The van der Waals surface area contributed by atoms with Gasteiger partial charge in [0.1, 0.15) is 5.82 Å². The molecule has 0 saturated heterocycles. The maximum Gasteiger partial charge on any atom is 0.252 e. The quantitative estimate of drug-likeness (QED) is 0.732. The number of nitrogens with one attached hydrogen (secondary N) is 1. The molecule has 2 aromatic carbocycles. The maximum atomic E-state index is 13.6. The Bertz CT molecular complexity index is 748. The van der Waals surface area contributed by atoms with E-state index >= 15 is 0 Å². The predicted octanol–water partition coefficient (Wildman–Crippen LogP) is 4.73. The lowest BCUT2D eigenvalue weighted by Gasteiger charge is -2.25. The number of hydrogen-bond donors (Lipinski definition) is 1. The van der Waals surface area contributed by atoms with Crippen molar-refractivity contribution in [2.75, 3.05) is 20.6 Å². The Balaban J connectivity index is 2.13. The van der Waals surface area contributed by atoms with Crippen LogP contribution < -0.4 is 5.32 Å². The molecule has 25 heavy (non-hydrogen) atoms. The highest BCUT2D eigenvalue weighted by molar-refractivity contribution is 6.36. The largest absolute Gasteiger partial charge is 0.350 e. The second-order valence-electron chi connectivity index (χ2n) is 6.03. The third kappa shape index (κ3) is 4.94. The van der Waals surface area contributed by atoms with Gasteiger partial charge in [-0.1, -0.05) is 54.4 Å². The molecule has 0 aromatic heterocycles. The number of hydrogen-bond acceptors (Lipinski definition) is 2. The van der Waals surface area contributed by atoms with Gasteiger partial charge >= 0.3 is 0 Å². The highest BCUT2D eigenvalue weighted by Crippen LogP contribution is 2.25. The van der Waals surface area contributed by atoms with Crippen LogP contribution in [0, 0.1) is 5.82 Å². The Morgan fingerprint density at radius 1 is 1.16 bits per heavy atom. The van der Waals surface area contributed by atoms with E-state index in [1.54, 1.807) is 0 Å². The first-order valence-corrected chi connectivity index (χ1v) is 8.77. The Morgan fingerprint density at radius 2 is 1.80 bits per heavy atom. The lowest BCUT2D eigenvalue weighted by Crippen LogP contribution is -2.34. The number of nitrogens with zero attached hydrogens (tertiary/aromatic N) is 1. The van der Waals surface area contributed by atoms with Crippen molar-refractivity contribution in [1.82, 2.24) is 10.2 Å². The zero-order valence-corrected chi connectivity index (χ0v) is 16.0. The molecule has 3 nitrogen and oxygen atoms in total. The Labute approximate surface area is 157 Å². The van der Waals surface area contributed by atoms with Crippen molar-refractivity contribution in [3.05, 3.63) is 69.0 Å². The van der Waals surface area contributed by atoms with Gasteiger partial charge in [0.15, 0.2) is 0 Å². The topological polar surface area (TPSA) is 32.3 Å². The highest BCUT2D eigenvalue weighted by atomic mass is 35.5. The summed E-state index contributed by atoms with van der Waals surface area (Å²) in [5, 5.41) is 2.84. The average molecular weight is 383 g/mol. The van der Waals surface area contributed by atoms with Crippen LogP contribution in [0.25, 0.3) is 0 Å². The minimum Gasteiger partial charge on any atom is -0.350 e. The third-order valence-corrected chi connectivity index (χ3v) is 4.71. The molecular formula is C19H21Cl2FN2O. The van der Waals surface area contributed by atoms with Crippen molar-refractivity contribution in [1.29, 1.82) is 0 Å². The highest BCUT2D eigenvalue weighted by Gasteiger charge is 2.18. The first kappa shape index (κ1) is 19.7. The molecule has 1 N–H and O–H groups in total. The summed E-state index contributed by atoms with van der Waals surface area (Å²) in [5.41, 5.74) is 2.42. The van der Waals surface area contributed by atoms with Crippen molar-refractivity contribution in [3.63, 3.8) is 0 Å². The molecule has 0 heterocycles. The number of halogens is 3. The zero-order chi connectivity index (χ0) is 18.6. The molecule has 1 atom stereocenters. The molecule has 1 amide bonds. The fourth-order valence-corrected chi connectivity index (χ4v) is 3.02. The summed E-state index contributed by atoms with van der Waals surface area (Å²) >= 11 is 11.7. The molecule has 0 saturated carbocycles.